The van der Waals surface area contributed by atoms with Gasteiger partial charge in [0, 0.05) is 18.7 Å². The molecule has 1 aliphatic heterocycles. The van der Waals surface area contributed by atoms with Crippen molar-refractivity contribution in [2.75, 3.05) is 41.5 Å². The number of nitrogens with zero attached hydrogens (tertiary/aromatic N) is 1. The van der Waals surface area contributed by atoms with Crippen LogP contribution < -0.4 is 24.3 Å². The van der Waals surface area contributed by atoms with Gasteiger partial charge in [-0.3, -0.25) is 9.59 Å². The van der Waals surface area contributed by atoms with Gasteiger partial charge >= 0.3 is 0 Å². The van der Waals surface area contributed by atoms with E-state index in [0.717, 1.165) is 4.90 Å². The topological polar surface area (TPSA) is 86.3 Å². The number of benzene rings is 2. The van der Waals surface area contributed by atoms with Crippen molar-refractivity contribution >= 4 is 23.6 Å². The number of methoxy groups -OCH3 is 4. The van der Waals surface area contributed by atoms with Crippen LogP contribution in [0.4, 0.5) is 0 Å². The molecule has 166 valence electrons. The van der Waals surface area contributed by atoms with E-state index < -0.39 is 5.25 Å². The highest BCUT2D eigenvalue weighted by Crippen LogP contribution is 2.36. The Hall–Kier alpha value is -3.07. The van der Waals surface area contributed by atoms with Crippen LogP contribution in [0.5, 0.6) is 23.0 Å². The summed E-state index contributed by atoms with van der Waals surface area (Å²) in [4.78, 5) is 27.9. The van der Waals surface area contributed by atoms with Crippen molar-refractivity contribution in [2.45, 2.75) is 16.7 Å². The SMILES string of the molecule is COc1cc(OC)c(CN2CC(Sc3ccccc3OC)C(=O)NCC2=O)c(OC)c1. The van der Waals surface area contributed by atoms with Crippen LogP contribution in [-0.4, -0.2) is 63.5 Å². The predicted octanol–water partition coefficient (Wildman–Crippen LogP) is 2.34. The van der Waals surface area contributed by atoms with Gasteiger partial charge in [-0.15, -0.1) is 11.8 Å². The summed E-state index contributed by atoms with van der Waals surface area (Å²) in [5.74, 6) is 1.97. The average molecular weight is 447 g/mol. The van der Waals surface area contributed by atoms with E-state index in [-0.39, 0.29) is 31.4 Å². The molecule has 2 aromatic carbocycles. The first-order valence-corrected chi connectivity index (χ1v) is 10.5. The molecule has 0 aliphatic carbocycles. The number of rotatable bonds is 8. The molecule has 2 amide bonds. The molecule has 1 saturated heterocycles. The second-order valence-corrected chi connectivity index (χ2v) is 8.00. The summed E-state index contributed by atoms with van der Waals surface area (Å²) >= 11 is 1.37. The van der Waals surface area contributed by atoms with Crippen molar-refractivity contribution in [3.8, 4) is 23.0 Å². The van der Waals surface area contributed by atoms with E-state index in [2.05, 4.69) is 5.32 Å². The Bertz CT molecular complexity index is 926. The van der Waals surface area contributed by atoms with Crippen LogP contribution in [0, 0.1) is 0 Å². The third kappa shape index (κ3) is 5.16. The molecular weight excluding hydrogens is 420 g/mol. The van der Waals surface area contributed by atoms with Crippen molar-refractivity contribution in [1.82, 2.24) is 10.2 Å². The van der Waals surface area contributed by atoms with E-state index >= 15 is 0 Å². The number of thioether (sulfide) groups is 1. The molecule has 9 heteroatoms. The van der Waals surface area contributed by atoms with Crippen LogP contribution in [-0.2, 0) is 16.1 Å². The number of hydrogen-bond acceptors (Lipinski definition) is 7. The van der Waals surface area contributed by atoms with Gasteiger partial charge in [0.05, 0.1) is 52.0 Å². The molecule has 1 unspecified atom stereocenters. The fourth-order valence-corrected chi connectivity index (χ4v) is 4.49. The number of carbonyl (C=O) groups is 2. The highest BCUT2D eigenvalue weighted by molar-refractivity contribution is 8.00. The zero-order valence-corrected chi connectivity index (χ0v) is 18.8. The van der Waals surface area contributed by atoms with Gasteiger partial charge in [-0.05, 0) is 12.1 Å². The van der Waals surface area contributed by atoms with Crippen LogP contribution in [0.3, 0.4) is 0 Å². The Kier molecular flexibility index (Phi) is 7.51. The second-order valence-electron chi connectivity index (χ2n) is 6.76. The quantitative estimate of drug-likeness (QED) is 0.666. The van der Waals surface area contributed by atoms with E-state index in [9.17, 15) is 9.59 Å². The van der Waals surface area contributed by atoms with Gasteiger partial charge in [-0.1, -0.05) is 12.1 Å². The Morgan fingerprint density at radius 3 is 2.23 bits per heavy atom. The Morgan fingerprint density at radius 2 is 1.61 bits per heavy atom. The van der Waals surface area contributed by atoms with E-state index in [1.54, 1.807) is 45.5 Å². The Morgan fingerprint density at radius 1 is 0.968 bits per heavy atom. The van der Waals surface area contributed by atoms with Gasteiger partial charge in [0.1, 0.15) is 28.2 Å². The van der Waals surface area contributed by atoms with Crippen molar-refractivity contribution in [2.24, 2.45) is 0 Å². The molecule has 0 spiro atoms. The summed E-state index contributed by atoms with van der Waals surface area (Å²) in [6.45, 7) is 0.390. The second kappa shape index (κ2) is 10.3. The summed E-state index contributed by atoms with van der Waals surface area (Å²) in [7, 11) is 6.24. The molecule has 3 rings (SSSR count). The number of hydrogen-bond donors (Lipinski definition) is 1. The molecule has 8 nitrogen and oxygen atoms in total. The number of ether oxygens (including phenoxy) is 4. The first-order chi connectivity index (χ1) is 15.0. The van der Waals surface area contributed by atoms with Gasteiger partial charge < -0.3 is 29.2 Å². The molecule has 0 saturated carbocycles. The Balaban J connectivity index is 1.89. The normalized spacial score (nSPS) is 16.4. The summed E-state index contributed by atoms with van der Waals surface area (Å²) < 4.78 is 21.7. The first kappa shape index (κ1) is 22.6. The maximum absolute atomic E-state index is 12.8. The zero-order chi connectivity index (χ0) is 22.4. The minimum absolute atomic E-state index is 0.0669. The lowest BCUT2D eigenvalue weighted by Gasteiger charge is -2.25. The van der Waals surface area contributed by atoms with Gasteiger partial charge in [0.25, 0.3) is 0 Å². The fourth-order valence-electron chi connectivity index (χ4n) is 3.31. The third-order valence-electron chi connectivity index (χ3n) is 4.95. The first-order valence-electron chi connectivity index (χ1n) is 9.64. The molecule has 1 atom stereocenters. The maximum Gasteiger partial charge on any atom is 0.242 e. The monoisotopic (exact) mass is 446 g/mol. The van der Waals surface area contributed by atoms with E-state index in [1.165, 1.54) is 11.8 Å². The lowest BCUT2D eigenvalue weighted by atomic mass is 10.1. The molecule has 31 heavy (non-hydrogen) atoms. The van der Waals surface area contributed by atoms with Crippen LogP contribution in [0.25, 0.3) is 0 Å². The summed E-state index contributed by atoms with van der Waals surface area (Å²) in [5, 5.41) is 2.22. The van der Waals surface area contributed by atoms with Gasteiger partial charge in [0.2, 0.25) is 11.8 Å². The Labute approximate surface area is 185 Å². The smallest absolute Gasteiger partial charge is 0.242 e. The van der Waals surface area contributed by atoms with E-state index in [1.807, 2.05) is 24.3 Å². The predicted molar refractivity (Wildman–Crippen MR) is 117 cm³/mol. The molecule has 1 heterocycles. The zero-order valence-electron chi connectivity index (χ0n) is 18.0. The molecule has 1 aliphatic rings. The molecule has 2 aromatic rings. The minimum Gasteiger partial charge on any atom is -0.496 e. The van der Waals surface area contributed by atoms with Crippen LogP contribution >= 0.6 is 11.8 Å². The maximum atomic E-state index is 12.8. The summed E-state index contributed by atoms with van der Waals surface area (Å²) in [6.07, 6.45) is 0. The number of nitrogens with one attached hydrogen (secondary N) is 1. The van der Waals surface area contributed by atoms with Crippen LogP contribution in [0.2, 0.25) is 0 Å². The fraction of sp³-hybridized carbons (Fsp3) is 0.364. The summed E-state index contributed by atoms with van der Waals surface area (Å²) in [5.41, 5.74) is 0.703. The van der Waals surface area contributed by atoms with Crippen LogP contribution in [0.1, 0.15) is 5.56 Å². The van der Waals surface area contributed by atoms with Crippen molar-refractivity contribution < 1.29 is 28.5 Å². The standard InChI is InChI=1S/C22H26N2O6S/c1-27-14-9-17(29-3)15(18(10-14)30-4)12-24-13-20(22(26)23-11-21(24)25)31-19-8-6-5-7-16(19)28-2/h5-10,20H,11-13H2,1-4H3,(H,23,26). The molecule has 1 N–H and O–H groups in total. The third-order valence-corrected chi connectivity index (χ3v) is 6.19. The minimum atomic E-state index is -0.502. The lowest BCUT2D eigenvalue weighted by Crippen LogP contribution is -2.36. The lowest BCUT2D eigenvalue weighted by molar-refractivity contribution is -0.130. The van der Waals surface area contributed by atoms with E-state index in [0.29, 0.717) is 28.6 Å². The van der Waals surface area contributed by atoms with Crippen molar-refractivity contribution in [3.63, 3.8) is 0 Å². The van der Waals surface area contributed by atoms with Gasteiger partial charge in [-0.2, -0.15) is 0 Å². The highest BCUT2D eigenvalue weighted by atomic mass is 32.2. The number of para-hydroxylation sites is 1. The van der Waals surface area contributed by atoms with E-state index in [4.69, 9.17) is 18.9 Å². The van der Waals surface area contributed by atoms with Crippen molar-refractivity contribution in [3.05, 3.63) is 42.0 Å². The number of carbonyl (C=O) groups excluding carboxylic acids is 2. The largest absolute Gasteiger partial charge is 0.496 e. The molecule has 1 fully saturated rings. The summed E-state index contributed by atoms with van der Waals surface area (Å²) in [6, 6.07) is 11.0. The molecular formula is C22H26N2O6S. The molecule has 0 radical (unpaired) electrons. The number of amides is 2. The van der Waals surface area contributed by atoms with Gasteiger partial charge in [0.15, 0.2) is 0 Å². The highest BCUT2D eigenvalue weighted by Gasteiger charge is 2.31. The van der Waals surface area contributed by atoms with Crippen LogP contribution in [0.15, 0.2) is 41.3 Å². The van der Waals surface area contributed by atoms with Crippen molar-refractivity contribution in [1.29, 1.82) is 0 Å². The van der Waals surface area contributed by atoms with Gasteiger partial charge in [-0.25, -0.2) is 0 Å². The molecule has 0 aromatic heterocycles. The average Bonchev–Trinajstić information content (AvgIpc) is 2.93. The molecule has 0 bridgehead atoms.